The standard InChI is InChI=1S/C14H22Cl2N2O2S/c1-4-9(2)7-10(3)18-21(19,20)13-6-5-12(15)11(8-17)14(13)16/h5-6,9-10,18H,4,7-8,17H2,1-3H3. The Morgan fingerprint density at radius 1 is 1.29 bits per heavy atom. The van der Waals surface area contributed by atoms with Crippen LogP contribution in [0.2, 0.25) is 10.0 Å². The first-order valence-corrected chi connectivity index (χ1v) is 9.16. The van der Waals surface area contributed by atoms with Crippen LogP contribution in [0.25, 0.3) is 0 Å². The summed E-state index contributed by atoms with van der Waals surface area (Å²) in [6, 6.07) is 2.74. The Morgan fingerprint density at radius 2 is 1.90 bits per heavy atom. The van der Waals surface area contributed by atoms with Crippen molar-refractivity contribution >= 4 is 33.2 Å². The van der Waals surface area contributed by atoms with Gasteiger partial charge in [-0.3, -0.25) is 0 Å². The fraction of sp³-hybridized carbons (Fsp3) is 0.571. The van der Waals surface area contributed by atoms with Crippen LogP contribution in [0.4, 0.5) is 0 Å². The Morgan fingerprint density at radius 3 is 2.43 bits per heavy atom. The normalized spacial score (nSPS) is 15.0. The summed E-state index contributed by atoms with van der Waals surface area (Å²) in [5, 5.41) is 0.461. The first-order chi connectivity index (χ1) is 9.72. The van der Waals surface area contributed by atoms with Crippen LogP contribution in [0.15, 0.2) is 17.0 Å². The van der Waals surface area contributed by atoms with Gasteiger partial charge in [0.1, 0.15) is 4.90 Å². The van der Waals surface area contributed by atoms with Crippen LogP contribution in [0, 0.1) is 5.92 Å². The molecule has 0 aliphatic rings. The summed E-state index contributed by atoms with van der Waals surface area (Å²) in [6.45, 7) is 6.10. The molecule has 1 rings (SSSR count). The van der Waals surface area contributed by atoms with E-state index in [2.05, 4.69) is 18.6 Å². The third-order valence-electron chi connectivity index (χ3n) is 3.45. The third-order valence-corrected chi connectivity index (χ3v) is 5.98. The maximum Gasteiger partial charge on any atom is 0.242 e. The van der Waals surface area contributed by atoms with Crippen LogP contribution in [-0.2, 0) is 16.6 Å². The van der Waals surface area contributed by atoms with Crippen LogP contribution in [-0.4, -0.2) is 14.5 Å². The number of hydrogen-bond donors (Lipinski definition) is 2. The lowest BCUT2D eigenvalue weighted by atomic mass is 10.0. The second kappa shape index (κ2) is 7.79. The predicted octanol–water partition coefficient (Wildman–Crippen LogP) is 3.56. The van der Waals surface area contributed by atoms with Crippen molar-refractivity contribution < 1.29 is 8.42 Å². The zero-order valence-corrected chi connectivity index (χ0v) is 14.8. The van der Waals surface area contributed by atoms with E-state index in [1.165, 1.54) is 12.1 Å². The van der Waals surface area contributed by atoms with Crippen LogP contribution in [0.1, 0.15) is 39.2 Å². The van der Waals surface area contributed by atoms with E-state index in [9.17, 15) is 8.42 Å². The first kappa shape index (κ1) is 18.7. The molecule has 21 heavy (non-hydrogen) atoms. The molecule has 0 radical (unpaired) electrons. The second-order valence-corrected chi connectivity index (χ2v) is 7.78. The summed E-state index contributed by atoms with van der Waals surface area (Å²) in [7, 11) is -3.69. The third kappa shape index (κ3) is 4.83. The minimum Gasteiger partial charge on any atom is -0.326 e. The van der Waals surface area contributed by atoms with Gasteiger partial charge in [0.05, 0.1) is 5.02 Å². The van der Waals surface area contributed by atoms with Gasteiger partial charge >= 0.3 is 0 Å². The highest BCUT2D eigenvalue weighted by Crippen LogP contribution is 2.31. The highest BCUT2D eigenvalue weighted by atomic mass is 35.5. The van der Waals surface area contributed by atoms with E-state index >= 15 is 0 Å². The molecule has 120 valence electrons. The Balaban J connectivity index is 3.04. The minimum atomic E-state index is -3.69. The number of halogens is 2. The molecule has 4 nitrogen and oxygen atoms in total. The molecule has 0 aromatic heterocycles. The number of nitrogens with one attached hydrogen (secondary N) is 1. The van der Waals surface area contributed by atoms with Crippen molar-refractivity contribution in [3.63, 3.8) is 0 Å². The van der Waals surface area contributed by atoms with E-state index in [-0.39, 0.29) is 22.5 Å². The van der Waals surface area contributed by atoms with Crippen molar-refractivity contribution in [1.29, 1.82) is 0 Å². The van der Waals surface area contributed by atoms with Crippen LogP contribution in [0.5, 0.6) is 0 Å². The molecule has 2 unspecified atom stereocenters. The summed E-state index contributed by atoms with van der Waals surface area (Å²) in [6.07, 6.45) is 1.77. The molecule has 2 atom stereocenters. The van der Waals surface area contributed by atoms with Gasteiger partial charge in [-0.1, -0.05) is 43.5 Å². The highest BCUT2D eigenvalue weighted by Gasteiger charge is 2.23. The first-order valence-electron chi connectivity index (χ1n) is 6.92. The Labute approximate surface area is 137 Å². The Kier molecular flexibility index (Phi) is 6.94. The van der Waals surface area contributed by atoms with Crippen molar-refractivity contribution in [2.75, 3.05) is 0 Å². The van der Waals surface area contributed by atoms with E-state index in [0.717, 1.165) is 12.8 Å². The van der Waals surface area contributed by atoms with Crippen LogP contribution in [0.3, 0.4) is 0 Å². The molecular weight excluding hydrogens is 331 g/mol. The van der Waals surface area contributed by atoms with Crippen LogP contribution >= 0.6 is 23.2 Å². The summed E-state index contributed by atoms with van der Waals surface area (Å²) in [5.74, 6) is 0.447. The van der Waals surface area contributed by atoms with Crippen molar-refractivity contribution in [3.05, 3.63) is 27.7 Å². The van der Waals surface area contributed by atoms with Gasteiger partial charge in [0.2, 0.25) is 10.0 Å². The average molecular weight is 353 g/mol. The summed E-state index contributed by atoms with van der Waals surface area (Å²) in [5.41, 5.74) is 6.01. The molecule has 0 heterocycles. The van der Waals surface area contributed by atoms with E-state index in [1.807, 2.05) is 6.92 Å². The highest BCUT2D eigenvalue weighted by molar-refractivity contribution is 7.89. The van der Waals surface area contributed by atoms with E-state index in [4.69, 9.17) is 28.9 Å². The van der Waals surface area contributed by atoms with Crippen molar-refractivity contribution in [1.82, 2.24) is 4.72 Å². The SMILES string of the molecule is CCC(C)CC(C)NS(=O)(=O)c1ccc(Cl)c(CN)c1Cl. The lowest BCUT2D eigenvalue weighted by Crippen LogP contribution is -2.34. The topological polar surface area (TPSA) is 72.2 Å². The lowest BCUT2D eigenvalue weighted by Gasteiger charge is -2.18. The number of rotatable bonds is 7. The lowest BCUT2D eigenvalue weighted by molar-refractivity contribution is 0.445. The average Bonchev–Trinajstić information content (AvgIpc) is 2.37. The molecule has 0 bridgehead atoms. The zero-order valence-electron chi connectivity index (χ0n) is 12.5. The largest absolute Gasteiger partial charge is 0.326 e. The minimum absolute atomic E-state index is 0.0185. The summed E-state index contributed by atoms with van der Waals surface area (Å²) < 4.78 is 27.5. The van der Waals surface area contributed by atoms with E-state index in [0.29, 0.717) is 16.5 Å². The predicted molar refractivity (Wildman–Crippen MR) is 88.2 cm³/mol. The van der Waals surface area contributed by atoms with Gasteiger partial charge in [-0.25, -0.2) is 13.1 Å². The quantitative estimate of drug-likeness (QED) is 0.787. The van der Waals surface area contributed by atoms with Crippen LogP contribution < -0.4 is 10.5 Å². The van der Waals surface area contributed by atoms with Gasteiger partial charge in [-0.2, -0.15) is 0 Å². The molecule has 3 N–H and O–H groups in total. The van der Waals surface area contributed by atoms with Crippen molar-refractivity contribution in [2.24, 2.45) is 11.7 Å². The number of nitrogens with two attached hydrogens (primary N) is 1. The fourth-order valence-electron chi connectivity index (χ4n) is 2.12. The Bertz CT molecular complexity index is 591. The number of sulfonamides is 1. The number of hydrogen-bond acceptors (Lipinski definition) is 3. The van der Waals surface area contributed by atoms with Gasteiger partial charge in [-0.05, 0) is 31.4 Å². The maximum absolute atomic E-state index is 12.4. The van der Waals surface area contributed by atoms with Crippen molar-refractivity contribution in [2.45, 2.75) is 51.1 Å². The number of benzene rings is 1. The monoisotopic (exact) mass is 352 g/mol. The van der Waals surface area contributed by atoms with E-state index in [1.54, 1.807) is 0 Å². The molecule has 1 aromatic carbocycles. The Hall–Kier alpha value is -0.330. The molecule has 0 fully saturated rings. The van der Waals surface area contributed by atoms with Gasteiger partial charge in [0.25, 0.3) is 0 Å². The van der Waals surface area contributed by atoms with Gasteiger partial charge < -0.3 is 5.73 Å². The van der Waals surface area contributed by atoms with Crippen molar-refractivity contribution in [3.8, 4) is 0 Å². The summed E-state index contributed by atoms with van der Waals surface area (Å²) in [4.78, 5) is 0.0185. The molecule has 0 spiro atoms. The molecule has 0 aliphatic carbocycles. The summed E-state index contributed by atoms with van der Waals surface area (Å²) >= 11 is 12.1. The maximum atomic E-state index is 12.4. The molecule has 0 saturated carbocycles. The molecule has 0 amide bonds. The molecule has 7 heteroatoms. The van der Waals surface area contributed by atoms with Gasteiger partial charge in [0, 0.05) is 23.2 Å². The second-order valence-electron chi connectivity index (χ2n) is 5.31. The molecule has 1 aromatic rings. The smallest absolute Gasteiger partial charge is 0.242 e. The molecule has 0 saturated heterocycles. The van der Waals surface area contributed by atoms with Gasteiger partial charge in [0.15, 0.2) is 0 Å². The zero-order chi connectivity index (χ0) is 16.2. The molecular formula is C14H22Cl2N2O2S. The fourth-order valence-corrected chi connectivity index (χ4v) is 4.31. The molecule has 0 aliphatic heterocycles. The van der Waals surface area contributed by atoms with E-state index < -0.39 is 10.0 Å². The van der Waals surface area contributed by atoms with Gasteiger partial charge in [-0.15, -0.1) is 0 Å².